The number of ether oxygens (including phenoxy) is 1. The first-order chi connectivity index (χ1) is 12.4. The number of amides is 1. The molecule has 2 heterocycles. The number of rotatable bonds is 6. The van der Waals surface area contributed by atoms with Crippen LogP contribution >= 0.6 is 35.3 Å². The lowest BCUT2D eigenvalue weighted by Gasteiger charge is -2.20. The SMILES string of the molecule is COc1ccc(Cl)c2sc(N(CCN(C)C)C(=O)c3cc(C)no3)nc12.Cl. The van der Waals surface area contributed by atoms with Crippen molar-refractivity contribution >= 4 is 56.6 Å². The zero-order valence-corrected chi connectivity index (χ0v) is 17.7. The molecule has 0 aliphatic carbocycles. The van der Waals surface area contributed by atoms with E-state index in [1.54, 1.807) is 37.1 Å². The number of likely N-dealkylation sites (N-methyl/N-ethyl adjacent to an activating group) is 1. The van der Waals surface area contributed by atoms with Gasteiger partial charge in [-0.05, 0) is 33.2 Å². The van der Waals surface area contributed by atoms with Gasteiger partial charge in [-0.3, -0.25) is 9.69 Å². The zero-order chi connectivity index (χ0) is 18.8. The Morgan fingerprint density at radius 3 is 2.67 bits per heavy atom. The van der Waals surface area contributed by atoms with Crippen LogP contribution in [0, 0.1) is 6.92 Å². The van der Waals surface area contributed by atoms with Crippen molar-refractivity contribution in [2.24, 2.45) is 0 Å². The van der Waals surface area contributed by atoms with Crippen LogP contribution in [0.1, 0.15) is 16.2 Å². The molecule has 0 aliphatic rings. The number of halogens is 2. The number of carbonyl (C=O) groups is 1. The fraction of sp³-hybridized carbons (Fsp3) is 0.353. The zero-order valence-electron chi connectivity index (χ0n) is 15.4. The molecular formula is C17H20Cl2N4O3S. The highest BCUT2D eigenvalue weighted by Gasteiger charge is 2.25. The van der Waals surface area contributed by atoms with Gasteiger partial charge in [0.1, 0.15) is 11.3 Å². The first-order valence-corrected chi connectivity index (χ1v) is 9.13. The number of aromatic nitrogens is 2. The standard InChI is InChI=1S/C17H19ClN4O3S.ClH/c1-10-9-13(25-20-10)16(23)22(8-7-21(2)3)17-19-14-12(24-4)6-5-11(18)15(14)26-17;/h5-6,9H,7-8H2,1-4H3;1H. The van der Waals surface area contributed by atoms with E-state index in [9.17, 15) is 4.79 Å². The quantitative estimate of drug-likeness (QED) is 0.590. The van der Waals surface area contributed by atoms with E-state index in [0.717, 1.165) is 4.70 Å². The predicted octanol–water partition coefficient (Wildman–Crippen LogP) is 3.88. The van der Waals surface area contributed by atoms with E-state index in [1.807, 2.05) is 19.0 Å². The van der Waals surface area contributed by atoms with Crippen LogP contribution in [0.15, 0.2) is 22.7 Å². The van der Waals surface area contributed by atoms with Crippen LogP contribution in [0.2, 0.25) is 5.02 Å². The Labute approximate surface area is 172 Å². The van der Waals surface area contributed by atoms with Crippen molar-refractivity contribution in [2.75, 3.05) is 39.2 Å². The first-order valence-electron chi connectivity index (χ1n) is 7.93. The second-order valence-corrected chi connectivity index (χ2v) is 7.40. The summed E-state index contributed by atoms with van der Waals surface area (Å²) in [5.74, 6) is 0.502. The van der Waals surface area contributed by atoms with E-state index in [0.29, 0.717) is 40.2 Å². The molecule has 0 bridgehead atoms. The van der Waals surface area contributed by atoms with Crippen molar-refractivity contribution in [1.82, 2.24) is 15.0 Å². The molecule has 146 valence electrons. The Kier molecular flexibility index (Phi) is 7.05. The second-order valence-electron chi connectivity index (χ2n) is 6.02. The maximum absolute atomic E-state index is 13.0. The molecule has 0 unspecified atom stereocenters. The molecule has 0 atom stereocenters. The van der Waals surface area contributed by atoms with Gasteiger partial charge in [-0.25, -0.2) is 4.98 Å². The van der Waals surface area contributed by atoms with E-state index in [1.165, 1.54) is 11.3 Å². The van der Waals surface area contributed by atoms with Crippen LogP contribution in [-0.2, 0) is 0 Å². The van der Waals surface area contributed by atoms with E-state index >= 15 is 0 Å². The number of hydrogen-bond donors (Lipinski definition) is 0. The number of nitrogens with zero attached hydrogens (tertiary/aromatic N) is 4. The first kappa shape index (κ1) is 21.4. The lowest BCUT2D eigenvalue weighted by molar-refractivity contribution is 0.0949. The molecule has 3 aromatic rings. The van der Waals surface area contributed by atoms with Crippen LogP contribution in [0.25, 0.3) is 10.2 Å². The monoisotopic (exact) mass is 430 g/mol. The van der Waals surface area contributed by atoms with Crippen molar-refractivity contribution in [3.05, 3.63) is 34.7 Å². The van der Waals surface area contributed by atoms with Crippen LogP contribution in [-0.4, -0.2) is 55.2 Å². The van der Waals surface area contributed by atoms with Gasteiger partial charge in [0.25, 0.3) is 5.91 Å². The van der Waals surface area contributed by atoms with Gasteiger partial charge in [0.2, 0.25) is 5.76 Å². The summed E-state index contributed by atoms with van der Waals surface area (Å²) in [4.78, 5) is 21.1. The molecule has 0 N–H and O–H groups in total. The molecule has 0 saturated carbocycles. The summed E-state index contributed by atoms with van der Waals surface area (Å²) in [6, 6.07) is 5.14. The normalized spacial score (nSPS) is 10.9. The number of benzene rings is 1. The molecule has 1 aromatic carbocycles. The summed E-state index contributed by atoms with van der Waals surface area (Å²) in [6.07, 6.45) is 0. The summed E-state index contributed by atoms with van der Waals surface area (Å²) < 4.78 is 11.3. The number of aryl methyl sites for hydroxylation is 1. The number of anilines is 1. The number of thiazole rings is 1. The molecule has 1 amide bonds. The van der Waals surface area contributed by atoms with E-state index in [4.69, 9.17) is 20.9 Å². The molecule has 3 rings (SSSR count). The molecule has 0 fully saturated rings. The number of fused-ring (bicyclic) bond motifs is 1. The average Bonchev–Trinajstić information content (AvgIpc) is 3.22. The highest BCUT2D eigenvalue weighted by molar-refractivity contribution is 7.23. The van der Waals surface area contributed by atoms with Gasteiger partial charge in [-0.2, -0.15) is 0 Å². The summed E-state index contributed by atoms with van der Waals surface area (Å²) in [5, 5.41) is 4.91. The lowest BCUT2D eigenvalue weighted by Crippen LogP contribution is -2.36. The molecule has 0 spiro atoms. The highest BCUT2D eigenvalue weighted by atomic mass is 35.5. The fourth-order valence-electron chi connectivity index (χ4n) is 2.40. The van der Waals surface area contributed by atoms with Gasteiger partial charge < -0.3 is 14.2 Å². The fourth-order valence-corrected chi connectivity index (χ4v) is 3.68. The lowest BCUT2D eigenvalue weighted by atomic mass is 10.3. The van der Waals surface area contributed by atoms with Crippen molar-refractivity contribution < 1.29 is 14.1 Å². The molecule has 2 aromatic heterocycles. The molecule has 7 nitrogen and oxygen atoms in total. The molecule has 10 heteroatoms. The third-order valence-electron chi connectivity index (χ3n) is 3.75. The van der Waals surface area contributed by atoms with Crippen molar-refractivity contribution in [1.29, 1.82) is 0 Å². The van der Waals surface area contributed by atoms with Gasteiger partial charge >= 0.3 is 0 Å². The molecule has 0 radical (unpaired) electrons. The summed E-state index contributed by atoms with van der Waals surface area (Å²) in [5.41, 5.74) is 1.28. The Morgan fingerprint density at radius 2 is 2.07 bits per heavy atom. The maximum Gasteiger partial charge on any atom is 0.298 e. The second kappa shape index (κ2) is 8.88. The van der Waals surface area contributed by atoms with Gasteiger partial charge in [0, 0.05) is 19.2 Å². The van der Waals surface area contributed by atoms with Crippen LogP contribution in [0.4, 0.5) is 5.13 Å². The van der Waals surface area contributed by atoms with Crippen molar-refractivity contribution in [2.45, 2.75) is 6.92 Å². The van der Waals surface area contributed by atoms with E-state index in [-0.39, 0.29) is 24.1 Å². The average molecular weight is 431 g/mol. The van der Waals surface area contributed by atoms with E-state index in [2.05, 4.69) is 10.1 Å². The van der Waals surface area contributed by atoms with Crippen LogP contribution < -0.4 is 9.64 Å². The Bertz CT molecular complexity index is 942. The number of carbonyl (C=O) groups excluding carboxylic acids is 1. The maximum atomic E-state index is 13.0. The molecule has 27 heavy (non-hydrogen) atoms. The van der Waals surface area contributed by atoms with Gasteiger partial charge in [-0.15, -0.1) is 12.4 Å². The Balaban J connectivity index is 0.00000261. The number of hydrogen-bond acceptors (Lipinski definition) is 7. The molecule has 0 aliphatic heterocycles. The van der Waals surface area contributed by atoms with Crippen LogP contribution in [0.3, 0.4) is 0 Å². The Morgan fingerprint density at radius 1 is 1.33 bits per heavy atom. The topological polar surface area (TPSA) is 71.7 Å². The van der Waals surface area contributed by atoms with Gasteiger partial charge in [0.15, 0.2) is 5.13 Å². The minimum atomic E-state index is -0.290. The van der Waals surface area contributed by atoms with Gasteiger partial charge in [0.05, 0.1) is 22.5 Å². The highest BCUT2D eigenvalue weighted by Crippen LogP contribution is 2.39. The molecular weight excluding hydrogens is 411 g/mol. The number of methoxy groups -OCH3 is 1. The summed E-state index contributed by atoms with van der Waals surface area (Å²) in [7, 11) is 5.47. The van der Waals surface area contributed by atoms with Crippen LogP contribution in [0.5, 0.6) is 5.75 Å². The largest absolute Gasteiger partial charge is 0.494 e. The minimum Gasteiger partial charge on any atom is -0.494 e. The molecule has 0 saturated heterocycles. The third-order valence-corrected chi connectivity index (χ3v) is 5.29. The minimum absolute atomic E-state index is 0. The summed E-state index contributed by atoms with van der Waals surface area (Å²) in [6.45, 7) is 2.89. The Hall–Kier alpha value is -1.87. The predicted molar refractivity (Wildman–Crippen MR) is 110 cm³/mol. The van der Waals surface area contributed by atoms with Crippen molar-refractivity contribution in [3.8, 4) is 5.75 Å². The van der Waals surface area contributed by atoms with Gasteiger partial charge in [-0.1, -0.05) is 28.1 Å². The van der Waals surface area contributed by atoms with E-state index < -0.39 is 0 Å². The van der Waals surface area contributed by atoms with Crippen molar-refractivity contribution in [3.63, 3.8) is 0 Å². The smallest absolute Gasteiger partial charge is 0.298 e. The summed E-state index contributed by atoms with van der Waals surface area (Å²) >= 11 is 7.65. The third kappa shape index (κ3) is 4.52.